The first-order chi connectivity index (χ1) is 22.6. The Kier molecular flexibility index (Phi) is 9.73. The number of anilines is 2. The molecular formula is C33H31N5O8S. The minimum absolute atomic E-state index is 0.159. The van der Waals surface area contributed by atoms with E-state index < -0.39 is 28.1 Å². The Labute approximate surface area is 269 Å². The zero-order valence-electron chi connectivity index (χ0n) is 25.0. The maximum absolute atomic E-state index is 13.7. The van der Waals surface area contributed by atoms with Crippen LogP contribution in [0, 0.1) is 5.41 Å². The van der Waals surface area contributed by atoms with Crippen LogP contribution in [0.1, 0.15) is 29.9 Å². The van der Waals surface area contributed by atoms with Gasteiger partial charge in [-0.15, -0.1) is 0 Å². The number of nitrogens with two attached hydrogens (primary N) is 1. The van der Waals surface area contributed by atoms with Crippen LogP contribution in [-0.2, 0) is 21.4 Å². The maximum atomic E-state index is 13.7. The normalized spacial score (nSPS) is 11.8. The minimum atomic E-state index is -4.29. The third-order valence-electron chi connectivity index (χ3n) is 6.80. The summed E-state index contributed by atoms with van der Waals surface area (Å²) in [4.78, 5) is 25.8. The summed E-state index contributed by atoms with van der Waals surface area (Å²) in [7, 11) is -4.29. The molecule has 1 aromatic heterocycles. The first-order valence-electron chi connectivity index (χ1n) is 14.3. The molecular weight excluding hydrogens is 626 g/mol. The highest BCUT2D eigenvalue weighted by Crippen LogP contribution is 2.34. The first kappa shape index (κ1) is 32.5. The highest BCUT2D eigenvalue weighted by molar-refractivity contribution is 7.90. The summed E-state index contributed by atoms with van der Waals surface area (Å²) < 4.78 is 45.1. The summed E-state index contributed by atoms with van der Waals surface area (Å²) in [6.07, 6.45) is -0.841. The van der Waals surface area contributed by atoms with Crippen LogP contribution in [0.4, 0.5) is 16.2 Å². The summed E-state index contributed by atoms with van der Waals surface area (Å²) in [5, 5.41) is 23.8. The molecule has 0 unspecified atom stereocenters. The quantitative estimate of drug-likeness (QED) is 0.0657. The molecule has 242 valence electrons. The molecule has 0 fully saturated rings. The van der Waals surface area contributed by atoms with E-state index in [1.54, 1.807) is 67.6 Å². The Hall–Kier alpha value is -5.86. The second-order valence-corrected chi connectivity index (χ2v) is 11.8. The van der Waals surface area contributed by atoms with E-state index in [9.17, 15) is 23.1 Å². The molecule has 0 saturated carbocycles. The Morgan fingerprint density at radius 1 is 0.979 bits per heavy atom. The molecule has 7 N–H and O–H groups in total. The van der Waals surface area contributed by atoms with Crippen molar-refractivity contribution < 1.29 is 37.0 Å². The molecule has 13 nitrogen and oxygen atoms in total. The van der Waals surface area contributed by atoms with Crippen molar-refractivity contribution in [2.75, 3.05) is 17.7 Å². The standard InChI is InChI=1S/C33H31N5O8S/c1-2-44-28-18-21(16-22-17-26(19-39)45-30(22)28)29(32(40)38-47(42,43)27-14-10-23(34)11-15-27)36-24-12-8-20(9-13-24)31(35)37-33(41)46-25-6-4-3-5-7-25/h3-18,29,36,39H,2,19,34H2,1H3,(H,38,40)(H2,35,37,41)/t29-/m1/s1. The number of nitrogen functional groups attached to an aromatic ring is 1. The van der Waals surface area contributed by atoms with Crippen LogP contribution >= 0.6 is 0 Å². The van der Waals surface area contributed by atoms with E-state index >= 15 is 0 Å². The smallest absolute Gasteiger partial charge is 0.418 e. The predicted octanol–water partition coefficient (Wildman–Crippen LogP) is 4.68. The van der Waals surface area contributed by atoms with Gasteiger partial charge < -0.3 is 30.0 Å². The Morgan fingerprint density at radius 2 is 1.68 bits per heavy atom. The lowest BCUT2D eigenvalue weighted by molar-refractivity contribution is -0.120. The van der Waals surface area contributed by atoms with Gasteiger partial charge in [0.25, 0.3) is 15.9 Å². The number of carbonyl (C=O) groups is 2. The van der Waals surface area contributed by atoms with Gasteiger partial charge in [-0.2, -0.15) is 0 Å². The van der Waals surface area contributed by atoms with Crippen molar-refractivity contribution in [3.05, 3.63) is 114 Å². The molecule has 0 aliphatic carbocycles. The fraction of sp³-hybridized carbons (Fsp3) is 0.121. The Morgan fingerprint density at radius 3 is 2.34 bits per heavy atom. The SMILES string of the molecule is CCOc1cc([C@@H](Nc2ccc(C(=N)NC(=O)Oc3ccccc3)cc2)C(=O)NS(=O)(=O)c2ccc(N)cc2)cc2cc(CO)oc12. The van der Waals surface area contributed by atoms with Gasteiger partial charge in [-0.3, -0.25) is 15.5 Å². The van der Waals surface area contributed by atoms with E-state index in [0.717, 1.165) is 0 Å². The number of ether oxygens (including phenoxy) is 2. The number of carbonyl (C=O) groups excluding carboxylic acids is 2. The van der Waals surface area contributed by atoms with Crippen LogP contribution < -0.4 is 30.6 Å². The van der Waals surface area contributed by atoms with E-state index in [-0.39, 0.29) is 35.5 Å². The lowest BCUT2D eigenvalue weighted by atomic mass is 10.0. The number of furan rings is 1. The number of rotatable bonds is 11. The predicted molar refractivity (Wildman–Crippen MR) is 175 cm³/mol. The highest BCUT2D eigenvalue weighted by atomic mass is 32.2. The van der Waals surface area contributed by atoms with Gasteiger partial charge in [0, 0.05) is 22.3 Å². The van der Waals surface area contributed by atoms with Gasteiger partial charge >= 0.3 is 6.09 Å². The average Bonchev–Trinajstić information content (AvgIpc) is 3.48. The molecule has 0 spiro atoms. The van der Waals surface area contributed by atoms with Gasteiger partial charge in [-0.1, -0.05) is 18.2 Å². The molecule has 0 bridgehead atoms. The van der Waals surface area contributed by atoms with E-state index in [4.69, 9.17) is 25.0 Å². The van der Waals surface area contributed by atoms with Gasteiger partial charge in [0.1, 0.15) is 30.0 Å². The first-order valence-corrected chi connectivity index (χ1v) is 15.8. The second-order valence-electron chi connectivity index (χ2n) is 10.1. The summed E-state index contributed by atoms with van der Waals surface area (Å²) in [6.45, 7) is 1.67. The number of para-hydroxylation sites is 1. The molecule has 0 saturated heterocycles. The molecule has 47 heavy (non-hydrogen) atoms. The third kappa shape index (κ3) is 7.87. The average molecular weight is 658 g/mol. The number of aliphatic hydroxyl groups excluding tert-OH is 1. The Balaban J connectivity index is 1.42. The van der Waals surface area contributed by atoms with Crippen LogP contribution in [0.3, 0.4) is 0 Å². The molecule has 5 aromatic rings. The molecule has 2 amide bonds. The summed E-state index contributed by atoms with van der Waals surface area (Å²) in [5.41, 5.74) is 7.46. The second kappa shape index (κ2) is 14.1. The van der Waals surface area contributed by atoms with Crippen molar-refractivity contribution in [1.82, 2.24) is 10.0 Å². The maximum Gasteiger partial charge on any atom is 0.418 e. The molecule has 1 atom stereocenters. The number of nitrogens with one attached hydrogen (secondary N) is 4. The monoisotopic (exact) mass is 657 g/mol. The van der Waals surface area contributed by atoms with Crippen LogP contribution in [-0.4, -0.2) is 38.0 Å². The van der Waals surface area contributed by atoms with Crippen molar-refractivity contribution in [3.8, 4) is 11.5 Å². The number of benzene rings is 4. The zero-order valence-corrected chi connectivity index (χ0v) is 25.8. The van der Waals surface area contributed by atoms with E-state index in [2.05, 4.69) is 15.4 Å². The van der Waals surface area contributed by atoms with Gasteiger partial charge in [0.15, 0.2) is 11.3 Å². The summed E-state index contributed by atoms with van der Waals surface area (Å²) in [5.74, 6) is -0.256. The molecule has 5 rings (SSSR count). The van der Waals surface area contributed by atoms with Crippen molar-refractivity contribution in [1.29, 1.82) is 5.41 Å². The number of amides is 2. The molecule has 0 aliphatic heterocycles. The third-order valence-corrected chi connectivity index (χ3v) is 8.16. The fourth-order valence-electron chi connectivity index (χ4n) is 4.60. The molecule has 14 heteroatoms. The number of hydrogen-bond donors (Lipinski definition) is 6. The number of amidine groups is 1. The van der Waals surface area contributed by atoms with Crippen molar-refractivity contribution in [2.45, 2.75) is 24.5 Å². The van der Waals surface area contributed by atoms with E-state index in [1.165, 1.54) is 36.4 Å². The van der Waals surface area contributed by atoms with Crippen molar-refractivity contribution >= 4 is 50.2 Å². The van der Waals surface area contributed by atoms with Gasteiger partial charge in [0.2, 0.25) is 0 Å². The van der Waals surface area contributed by atoms with Crippen molar-refractivity contribution in [3.63, 3.8) is 0 Å². The van der Waals surface area contributed by atoms with Gasteiger partial charge in [0.05, 0.1) is 11.5 Å². The lowest BCUT2D eigenvalue weighted by Gasteiger charge is -2.21. The van der Waals surface area contributed by atoms with Crippen LogP contribution in [0.5, 0.6) is 11.5 Å². The number of fused-ring (bicyclic) bond motifs is 1. The Bertz CT molecular complexity index is 2010. The van der Waals surface area contributed by atoms with Crippen molar-refractivity contribution in [2.24, 2.45) is 0 Å². The molecule has 0 radical (unpaired) electrons. The van der Waals surface area contributed by atoms with Crippen LogP contribution in [0.25, 0.3) is 11.0 Å². The minimum Gasteiger partial charge on any atom is -0.490 e. The summed E-state index contributed by atoms with van der Waals surface area (Å²) in [6, 6.07) is 23.5. The topological polar surface area (TPSA) is 206 Å². The molecule has 4 aromatic carbocycles. The number of aliphatic hydroxyl groups is 1. The fourth-order valence-corrected chi connectivity index (χ4v) is 5.59. The van der Waals surface area contributed by atoms with Gasteiger partial charge in [-0.05, 0) is 91.3 Å². The largest absolute Gasteiger partial charge is 0.490 e. The number of sulfonamides is 1. The van der Waals surface area contributed by atoms with E-state index in [0.29, 0.717) is 39.2 Å². The van der Waals surface area contributed by atoms with Crippen LogP contribution in [0.15, 0.2) is 106 Å². The van der Waals surface area contributed by atoms with Crippen LogP contribution in [0.2, 0.25) is 0 Å². The zero-order chi connectivity index (χ0) is 33.6. The van der Waals surface area contributed by atoms with Gasteiger partial charge in [-0.25, -0.2) is 17.9 Å². The summed E-state index contributed by atoms with van der Waals surface area (Å²) >= 11 is 0. The van der Waals surface area contributed by atoms with E-state index in [1.807, 2.05) is 0 Å². The molecule has 1 heterocycles. The lowest BCUT2D eigenvalue weighted by Crippen LogP contribution is -2.37. The molecule has 0 aliphatic rings. The number of hydrogen-bond acceptors (Lipinski definition) is 11. The highest BCUT2D eigenvalue weighted by Gasteiger charge is 2.28.